The molecule has 1 aromatic heterocycles. The largest absolute Gasteiger partial charge is 0.412 e. The number of pyridine rings is 1. The predicted octanol–water partition coefficient (Wildman–Crippen LogP) is 3.12. The second-order valence-corrected chi connectivity index (χ2v) is 4.00. The molecule has 0 aliphatic rings. The lowest BCUT2D eigenvalue weighted by Gasteiger charge is -2.07. The van der Waals surface area contributed by atoms with Crippen molar-refractivity contribution in [1.82, 2.24) is 10.3 Å². The molecule has 2 rings (SSSR count). The second kappa shape index (κ2) is 6.00. The predicted molar refractivity (Wildman–Crippen MR) is 70.7 cm³/mol. The molecule has 0 unspecified atom stereocenters. The van der Waals surface area contributed by atoms with Crippen molar-refractivity contribution in [2.24, 2.45) is 0 Å². The van der Waals surface area contributed by atoms with Gasteiger partial charge in [-0.1, -0.05) is 31.5 Å². The maximum Gasteiger partial charge on any atom is 0.412 e. The molecule has 0 saturated heterocycles. The molecule has 18 heavy (non-hydrogen) atoms. The Hall–Kier alpha value is -2.10. The van der Waals surface area contributed by atoms with Crippen LogP contribution in [-0.4, -0.2) is 17.6 Å². The van der Waals surface area contributed by atoms with Gasteiger partial charge >= 0.3 is 6.09 Å². The van der Waals surface area contributed by atoms with Crippen molar-refractivity contribution < 1.29 is 9.53 Å². The van der Waals surface area contributed by atoms with E-state index in [-0.39, 0.29) is 0 Å². The normalized spacial score (nSPS) is 10.3. The summed E-state index contributed by atoms with van der Waals surface area (Å²) in [4.78, 5) is 15.8. The van der Waals surface area contributed by atoms with Crippen LogP contribution in [0.4, 0.5) is 4.79 Å². The lowest BCUT2D eigenvalue weighted by molar-refractivity contribution is 0.201. The first-order chi connectivity index (χ1) is 8.81. The van der Waals surface area contributed by atoms with Crippen molar-refractivity contribution >= 4 is 17.0 Å². The number of fused-ring (bicyclic) bond motifs is 1. The summed E-state index contributed by atoms with van der Waals surface area (Å²) in [7, 11) is 0. The number of rotatable bonds is 4. The zero-order valence-electron chi connectivity index (χ0n) is 10.3. The minimum Gasteiger partial charge on any atom is -0.408 e. The Labute approximate surface area is 106 Å². The van der Waals surface area contributed by atoms with Gasteiger partial charge in [-0.2, -0.15) is 0 Å². The summed E-state index contributed by atoms with van der Waals surface area (Å²) in [6, 6.07) is 9.31. The number of carbonyl (C=O) groups excluding carboxylic acids is 1. The quantitative estimate of drug-likeness (QED) is 0.841. The van der Waals surface area contributed by atoms with E-state index in [9.17, 15) is 4.79 Å². The summed E-state index contributed by atoms with van der Waals surface area (Å²) < 4.78 is 5.26. The number of para-hydroxylation sites is 1. The van der Waals surface area contributed by atoms with E-state index in [4.69, 9.17) is 4.74 Å². The van der Waals surface area contributed by atoms with E-state index in [1.54, 1.807) is 12.3 Å². The van der Waals surface area contributed by atoms with E-state index in [0.29, 0.717) is 17.8 Å². The number of carbonyl (C=O) groups is 1. The Morgan fingerprint density at radius 3 is 3.00 bits per heavy atom. The number of hydrogen-bond donors (Lipinski definition) is 1. The molecule has 0 aliphatic heterocycles. The van der Waals surface area contributed by atoms with E-state index in [1.165, 1.54) is 0 Å². The third kappa shape index (κ3) is 2.97. The molecular formula is C14H16N2O2. The Balaban J connectivity index is 2.09. The third-order valence-electron chi connectivity index (χ3n) is 2.60. The number of benzene rings is 1. The molecule has 1 amide bonds. The van der Waals surface area contributed by atoms with Crippen LogP contribution in [0.15, 0.2) is 36.5 Å². The first-order valence-corrected chi connectivity index (χ1v) is 6.10. The summed E-state index contributed by atoms with van der Waals surface area (Å²) in [6.07, 6.45) is 3.24. The smallest absolute Gasteiger partial charge is 0.408 e. The fraction of sp³-hybridized carbons (Fsp3) is 0.286. The van der Waals surface area contributed by atoms with Crippen LogP contribution in [0.2, 0.25) is 0 Å². The fourth-order valence-electron chi connectivity index (χ4n) is 1.66. The van der Waals surface area contributed by atoms with E-state index >= 15 is 0 Å². The van der Waals surface area contributed by atoms with Crippen molar-refractivity contribution in [1.29, 1.82) is 0 Å². The number of nitrogens with zero attached hydrogens (tertiary/aromatic N) is 1. The van der Waals surface area contributed by atoms with Gasteiger partial charge in [-0.05, 0) is 18.6 Å². The molecule has 2 aromatic rings. The highest BCUT2D eigenvalue weighted by molar-refractivity contribution is 5.86. The highest BCUT2D eigenvalue weighted by Gasteiger charge is 2.07. The van der Waals surface area contributed by atoms with Gasteiger partial charge in [0.15, 0.2) is 5.75 Å². The van der Waals surface area contributed by atoms with Crippen molar-refractivity contribution in [3.05, 3.63) is 36.5 Å². The number of unbranched alkanes of at least 4 members (excludes halogenated alkanes) is 1. The van der Waals surface area contributed by atoms with Crippen LogP contribution < -0.4 is 10.1 Å². The summed E-state index contributed by atoms with van der Waals surface area (Å²) in [6.45, 7) is 2.70. The third-order valence-corrected chi connectivity index (χ3v) is 2.60. The molecule has 0 atom stereocenters. The zero-order valence-corrected chi connectivity index (χ0v) is 10.3. The number of nitrogens with one attached hydrogen (secondary N) is 1. The highest BCUT2D eigenvalue weighted by atomic mass is 16.6. The van der Waals surface area contributed by atoms with Crippen LogP contribution >= 0.6 is 0 Å². The molecule has 1 N–H and O–H groups in total. The summed E-state index contributed by atoms with van der Waals surface area (Å²) in [5, 5.41) is 3.66. The van der Waals surface area contributed by atoms with Crippen molar-refractivity contribution in [3.8, 4) is 5.75 Å². The van der Waals surface area contributed by atoms with Crippen molar-refractivity contribution in [2.75, 3.05) is 6.54 Å². The van der Waals surface area contributed by atoms with E-state index < -0.39 is 6.09 Å². The molecule has 4 nitrogen and oxygen atoms in total. The highest BCUT2D eigenvalue weighted by Crippen LogP contribution is 2.22. The molecule has 0 spiro atoms. The number of amides is 1. The zero-order chi connectivity index (χ0) is 12.8. The molecule has 1 heterocycles. The molecular weight excluding hydrogens is 228 g/mol. The van der Waals surface area contributed by atoms with Gasteiger partial charge in [-0.15, -0.1) is 0 Å². The standard InChI is InChI=1S/C14H16N2O2/c1-2-3-9-16-14(17)18-12-8-4-6-11-7-5-10-15-13(11)12/h4-8,10H,2-3,9H2,1H3,(H,16,17). The van der Waals surface area contributed by atoms with Gasteiger partial charge in [0, 0.05) is 18.1 Å². The van der Waals surface area contributed by atoms with Crippen LogP contribution in [0, 0.1) is 0 Å². The van der Waals surface area contributed by atoms with Gasteiger partial charge in [-0.25, -0.2) is 4.79 Å². The van der Waals surface area contributed by atoms with Crippen LogP contribution in [0.3, 0.4) is 0 Å². The average molecular weight is 244 g/mol. The Morgan fingerprint density at radius 2 is 2.17 bits per heavy atom. The first-order valence-electron chi connectivity index (χ1n) is 6.10. The average Bonchev–Trinajstić information content (AvgIpc) is 2.39. The van der Waals surface area contributed by atoms with E-state index in [0.717, 1.165) is 18.2 Å². The van der Waals surface area contributed by atoms with E-state index in [2.05, 4.69) is 17.2 Å². The van der Waals surface area contributed by atoms with Crippen LogP contribution in [0.25, 0.3) is 10.9 Å². The fourth-order valence-corrected chi connectivity index (χ4v) is 1.66. The van der Waals surface area contributed by atoms with Gasteiger partial charge in [-0.3, -0.25) is 4.98 Å². The molecule has 0 radical (unpaired) electrons. The molecule has 4 heteroatoms. The monoisotopic (exact) mass is 244 g/mol. The minimum atomic E-state index is -0.429. The van der Waals surface area contributed by atoms with Gasteiger partial charge in [0.05, 0.1) is 0 Å². The maximum absolute atomic E-state index is 11.6. The first kappa shape index (κ1) is 12.4. The van der Waals surface area contributed by atoms with Crippen LogP contribution in [-0.2, 0) is 0 Å². The number of ether oxygens (including phenoxy) is 1. The number of hydrogen-bond acceptors (Lipinski definition) is 3. The van der Waals surface area contributed by atoms with Crippen molar-refractivity contribution in [3.63, 3.8) is 0 Å². The topological polar surface area (TPSA) is 51.2 Å². The summed E-state index contributed by atoms with van der Waals surface area (Å²) in [5.41, 5.74) is 0.700. The van der Waals surface area contributed by atoms with Crippen LogP contribution in [0.5, 0.6) is 5.75 Å². The van der Waals surface area contributed by atoms with Crippen molar-refractivity contribution in [2.45, 2.75) is 19.8 Å². The lowest BCUT2D eigenvalue weighted by atomic mass is 10.2. The number of aromatic nitrogens is 1. The van der Waals surface area contributed by atoms with Gasteiger partial charge in [0.2, 0.25) is 0 Å². The molecule has 0 aliphatic carbocycles. The Bertz CT molecular complexity index is 535. The maximum atomic E-state index is 11.6. The van der Waals surface area contributed by atoms with Gasteiger partial charge in [0.1, 0.15) is 5.52 Å². The summed E-state index contributed by atoms with van der Waals surface area (Å²) in [5.74, 6) is 0.488. The summed E-state index contributed by atoms with van der Waals surface area (Å²) >= 11 is 0. The molecule has 0 fully saturated rings. The molecule has 0 saturated carbocycles. The molecule has 0 bridgehead atoms. The minimum absolute atomic E-state index is 0.429. The lowest BCUT2D eigenvalue weighted by Crippen LogP contribution is -2.27. The molecule has 94 valence electrons. The van der Waals surface area contributed by atoms with Crippen LogP contribution in [0.1, 0.15) is 19.8 Å². The Kier molecular flexibility index (Phi) is 4.12. The Morgan fingerprint density at radius 1 is 1.33 bits per heavy atom. The SMILES string of the molecule is CCCCNC(=O)Oc1cccc2cccnc12. The molecule has 1 aromatic carbocycles. The van der Waals surface area contributed by atoms with E-state index in [1.807, 2.05) is 24.3 Å². The van der Waals surface area contributed by atoms with Gasteiger partial charge < -0.3 is 10.1 Å². The van der Waals surface area contributed by atoms with Gasteiger partial charge in [0.25, 0.3) is 0 Å². The second-order valence-electron chi connectivity index (χ2n) is 4.00.